The summed E-state index contributed by atoms with van der Waals surface area (Å²) in [7, 11) is 0. The molecular weight excluding hydrogens is 288 g/mol. The molecule has 4 nitrogen and oxygen atoms in total. The fraction of sp³-hybridized carbons (Fsp3) is 0.562. The van der Waals surface area contributed by atoms with E-state index in [-0.39, 0.29) is 36.6 Å². The van der Waals surface area contributed by atoms with Crippen molar-refractivity contribution in [3.05, 3.63) is 35.9 Å². The van der Waals surface area contributed by atoms with Gasteiger partial charge in [0.05, 0.1) is 6.10 Å². The lowest BCUT2D eigenvalue weighted by Crippen LogP contribution is -2.43. The molecule has 0 aromatic heterocycles. The number of carbonyl (C=O) groups excluding carboxylic acids is 1. The Kier molecular flexibility index (Phi) is 7.15. The number of nitrogens with two attached hydrogens (primary N) is 1. The molecule has 1 aromatic carbocycles. The molecule has 0 spiro atoms. The summed E-state index contributed by atoms with van der Waals surface area (Å²) in [5.41, 5.74) is 6.75. The molecule has 0 bridgehead atoms. The number of nitrogens with zero attached hydrogens (tertiary/aromatic N) is 1. The van der Waals surface area contributed by atoms with Gasteiger partial charge in [-0.15, -0.1) is 12.4 Å². The molecule has 0 unspecified atom stereocenters. The molecule has 1 amide bonds. The van der Waals surface area contributed by atoms with Gasteiger partial charge >= 0.3 is 0 Å². The van der Waals surface area contributed by atoms with Crippen LogP contribution in [0.5, 0.6) is 0 Å². The van der Waals surface area contributed by atoms with E-state index in [0.29, 0.717) is 13.1 Å². The second kappa shape index (κ2) is 8.37. The normalized spacial score (nSPS) is 21.1. The molecule has 118 valence electrons. The SMILES string of the molecule is CC(C)N(Cc1ccccc1)C(=O)[C@@H]1CC[C@H](CN)O1.Cl. The molecule has 1 saturated heterocycles. The molecule has 0 aliphatic carbocycles. The number of hydrogen-bond acceptors (Lipinski definition) is 3. The molecule has 1 aromatic rings. The Balaban J connectivity index is 0.00000220. The van der Waals surface area contributed by atoms with Crippen molar-refractivity contribution < 1.29 is 9.53 Å². The van der Waals surface area contributed by atoms with Crippen molar-refractivity contribution in [3.63, 3.8) is 0 Å². The van der Waals surface area contributed by atoms with E-state index in [1.54, 1.807) is 0 Å². The minimum Gasteiger partial charge on any atom is -0.364 e. The summed E-state index contributed by atoms with van der Waals surface area (Å²) in [5.74, 6) is 0.0832. The topological polar surface area (TPSA) is 55.6 Å². The average molecular weight is 313 g/mol. The van der Waals surface area contributed by atoms with Crippen LogP contribution in [0.1, 0.15) is 32.3 Å². The Labute approximate surface area is 133 Å². The number of rotatable bonds is 5. The summed E-state index contributed by atoms with van der Waals surface area (Å²) in [6.45, 7) is 5.20. The Hall–Kier alpha value is -1.10. The monoisotopic (exact) mass is 312 g/mol. The van der Waals surface area contributed by atoms with Gasteiger partial charge in [-0.05, 0) is 32.3 Å². The van der Waals surface area contributed by atoms with Gasteiger partial charge in [-0.25, -0.2) is 0 Å². The first kappa shape index (κ1) is 18.0. The first-order valence-corrected chi connectivity index (χ1v) is 7.31. The van der Waals surface area contributed by atoms with Gasteiger partial charge in [0.15, 0.2) is 0 Å². The second-order valence-corrected chi connectivity index (χ2v) is 5.61. The lowest BCUT2D eigenvalue weighted by Gasteiger charge is -2.29. The highest BCUT2D eigenvalue weighted by molar-refractivity contribution is 5.85. The maximum absolute atomic E-state index is 12.6. The third-order valence-electron chi connectivity index (χ3n) is 3.75. The number of halogens is 1. The van der Waals surface area contributed by atoms with Crippen molar-refractivity contribution in [2.75, 3.05) is 6.54 Å². The van der Waals surface area contributed by atoms with Gasteiger partial charge in [-0.2, -0.15) is 0 Å². The van der Waals surface area contributed by atoms with Crippen LogP contribution < -0.4 is 5.73 Å². The van der Waals surface area contributed by atoms with Gasteiger partial charge in [0.25, 0.3) is 5.91 Å². The van der Waals surface area contributed by atoms with Crippen LogP contribution in [0.25, 0.3) is 0 Å². The van der Waals surface area contributed by atoms with E-state index in [9.17, 15) is 4.79 Å². The molecular formula is C16H25ClN2O2. The summed E-state index contributed by atoms with van der Waals surface area (Å²) >= 11 is 0. The number of benzene rings is 1. The molecule has 1 aliphatic rings. The predicted molar refractivity (Wildman–Crippen MR) is 86.3 cm³/mol. The Morgan fingerprint density at radius 3 is 2.52 bits per heavy atom. The third-order valence-corrected chi connectivity index (χ3v) is 3.75. The molecule has 1 aliphatic heterocycles. The number of amides is 1. The molecule has 0 saturated carbocycles. The van der Waals surface area contributed by atoms with Gasteiger partial charge in [0.1, 0.15) is 6.10 Å². The van der Waals surface area contributed by atoms with Crippen LogP contribution in [0.2, 0.25) is 0 Å². The van der Waals surface area contributed by atoms with Crippen LogP contribution in [0.3, 0.4) is 0 Å². The largest absolute Gasteiger partial charge is 0.364 e. The second-order valence-electron chi connectivity index (χ2n) is 5.61. The van der Waals surface area contributed by atoms with Crippen LogP contribution in [0.15, 0.2) is 30.3 Å². The lowest BCUT2D eigenvalue weighted by atomic mass is 10.1. The molecule has 0 radical (unpaired) electrons. The number of hydrogen-bond donors (Lipinski definition) is 1. The van der Waals surface area contributed by atoms with Crippen LogP contribution >= 0.6 is 12.4 Å². The van der Waals surface area contributed by atoms with Crippen molar-refractivity contribution in [1.82, 2.24) is 4.90 Å². The average Bonchev–Trinajstić information content (AvgIpc) is 2.94. The van der Waals surface area contributed by atoms with E-state index in [0.717, 1.165) is 18.4 Å². The maximum atomic E-state index is 12.6. The van der Waals surface area contributed by atoms with Crippen LogP contribution in [0, 0.1) is 0 Å². The van der Waals surface area contributed by atoms with E-state index < -0.39 is 0 Å². The first-order valence-electron chi connectivity index (χ1n) is 7.31. The molecule has 1 heterocycles. The summed E-state index contributed by atoms with van der Waals surface area (Å²) in [5, 5.41) is 0. The van der Waals surface area contributed by atoms with Gasteiger partial charge < -0.3 is 15.4 Å². The third kappa shape index (κ3) is 4.70. The van der Waals surface area contributed by atoms with Gasteiger partial charge in [0.2, 0.25) is 0 Å². The summed E-state index contributed by atoms with van der Waals surface area (Å²) in [6.07, 6.45) is 1.37. The summed E-state index contributed by atoms with van der Waals surface area (Å²) in [4.78, 5) is 14.5. The standard InChI is InChI=1S/C16H24N2O2.ClH/c1-12(2)18(11-13-6-4-3-5-7-13)16(19)15-9-8-14(10-17)20-15;/h3-7,12,14-15H,8-11,17H2,1-2H3;1H/t14-,15+;/m1./s1. The highest BCUT2D eigenvalue weighted by atomic mass is 35.5. The Morgan fingerprint density at radius 2 is 2.00 bits per heavy atom. The Bertz CT molecular complexity index is 439. The highest BCUT2D eigenvalue weighted by Crippen LogP contribution is 2.22. The van der Waals surface area contributed by atoms with Crippen LogP contribution in [-0.4, -0.2) is 35.6 Å². The molecule has 21 heavy (non-hydrogen) atoms. The van der Waals surface area contributed by atoms with E-state index in [1.807, 2.05) is 49.1 Å². The molecule has 5 heteroatoms. The highest BCUT2D eigenvalue weighted by Gasteiger charge is 2.33. The zero-order valence-corrected chi connectivity index (χ0v) is 13.5. The van der Waals surface area contributed by atoms with Gasteiger partial charge in [-0.3, -0.25) is 4.79 Å². The van der Waals surface area contributed by atoms with Crippen molar-refractivity contribution >= 4 is 18.3 Å². The van der Waals surface area contributed by atoms with E-state index in [2.05, 4.69) is 0 Å². The van der Waals surface area contributed by atoms with E-state index in [1.165, 1.54) is 0 Å². The van der Waals surface area contributed by atoms with E-state index in [4.69, 9.17) is 10.5 Å². The van der Waals surface area contributed by atoms with Crippen molar-refractivity contribution in [2.24, 2.45) is 5.73 Å². The Morgan fingerprint density at radius 1 is 1.33 bits per heavy atom. The number of carbonyl (C=O) groups is 1. The summed E-state index contributed by atoms with van der Waals surface area (Å²) in [6, 6.07) is 10.2. The number of ether oxygens (including phenoxy) is 1. The first-order chi connectivity index (χ1) is 9.61. The van der Waals surface area contributed by atoms with Crippen molar-refractivity contribution in [2.45, 2.75) is 51.5 Å². The molecule has 2 N–H and O–H groups in total. The quantitative estimate of drug-likeness (QED) is 0.908. The molecule has 2 rings (SSSR count). The maximum Gasteiger partial charge on any atom is 0.252 e. The van der Waals surface area contributed by atoms with Crippen LogP contribution in [0.4, 0.5) is 0 Å². The van der Waals surface area contributed by atoms with Crippen molar-refractivity contribution in [3.8, 4) is 0 Å². The molecule has 1 fully saturated rings. The zero-order valence-electron chi connectivity index (χ0n) is 12.7. The minimum atomic E-state index is -0.324. The van der Waals surface area contributed by atoms with E-state index >= 15 is 0 Å². The predicted octanol–water partition coefficient (Wildman–Crippen LogP) is 2.35. The van der Waals surface area contributed by atoms with Crippen molar-refractivity contribution in [1.29, 1.82) is 0 Å². The lowest BCUT2D eigenvalue weighted by molar-refractivity contribution is -0.145. The molecule has 2 atom stereocenters. The van der Waals surface area contributed by atoms with Gasteiger partial charge in [-0.1, -0.05) is 30.3 Å². The summed E-state index contributed by atoms with van der Waals surface area (Å²) < 4.78 is 5.72. The fourth-order valence-electron chi connectivity index (χ4n) is 2.54. The van der Waals surface area contributed by atoms with Gasteiger partial charge in [0, 0.05) is 19.1 Å². The fourth-order valence-corrected chi connectivity index (χ4v) is 2.54. The zero-order chi connectivity index (χ0) is 14.5. The van der Waals surface area contributed by atoms with Crippen LogP contribution in [-0.2, 0) is 16.1 Å². The minimum absolute atomic E-state index is 0. The smallest absolute Gasteiger partial charge is 0.252 e.